The van der Waals surface area contributed by atoms with Crippen molar-refractivity contribution in [1.29, 1.82) is 0 Å². The van der Waals surface area contributed by atoms with Crippen molar-refractivity contribution < 1.29 is 21.6 Å². The molecule has 0 atom stereocenters. The third-order valence-electron chi connectivity index (χ3n) is 1.55. The summed E-state index contributed by atoms with van der Waals surface area (Å²) >= 11 is 0. The van der Waals surface area contributed by atoms with Gasteiger partial charge in [-0.05, 0) is 0 Å². The molecule has 0 amide bonds. The molecule has 0 fully saturated rings. The van der Waals surface area contributed by atoms with Crippen molar-refractivity contribution in [2.24, 2.45) is 5.14 Å². The molecule has 0 bridgehead atoms. The standard InChI is InChI=1S/C6H6F3N3O2S/c7-3-4(15(11,13)14)2(5(8)9)1-12-6(3)10/h1,5H,(H2,10,12)(H2,11,13,14). The van der Waals surface area contributed by atoms with Crippen LogP contribution in [-0.2, 0) is 10.0 Å². The molecule has 0 spiro atoms. The van der Waals surface area contributed by atoms with Gasteiger partial charge in [0.2, 0.25) is 10.0 Å². The number of nitrogen functional groups attached to an aromatic ring is 1. The van der Waals surface area contributed by atoms with Crippen molar-refractivity contribution in [3.63, 3.8) is 0 Å². The Labute approximate surface area is 83.0 Å². The molecule has 1 aromatic rings. The van der Waals surface area contributed by atoms with E-state index in [2.05, 4.69) is 10.1 Å². The highest BCUT2D eigenvalue weighted by molar-refractivity contribution is 7.89. The van der Waals surface area contributed by atoms with Crippen LogP contribution in [0.15, 0.2) is 11.1 Å². The molecule has 1 rings (SSSR count). The van der Waals surface area contributed by atoms with E-state index in [0.717, 1.165) is 0 Å². The lowest BCUT2D eigenvalue weighted by molar-refractivity contribution is 0.146. The minimum absolute atomic E-state index is 0.475. The maximum Gasteiger partial charge on any atom is 0.266 e. The van der Waals surface area contributed by atoms with E-state index in [1.54, 1.807) is 0 Å². The molecule has 1 aromatic heterocycles. The number of alkyl halides is 2. The van der Waals surface area contributed by atoms with Gasteiger partial charge in [-0.25, -0.2) is 31.7 Å². The van der Waals surface area contributed by atoms with Crippen LogP contribution in [0.4, 0.5) is 19.0 Å². The molecule has 0 aliphatic rings. The van der Waals surface area contributed by atoms with Crippen LogP contribution in [0, 0.1) is 5.82 Å². The Balaban J connectivity index is 3.65. The van der Waals surface area contributed by atoms with Crippen LogP contribution in [0.3, 0.4) is 0 Å². The van der Waals surface area contributed by atoms with Gasteiger partial charge in [0.05, 0.1) is 5.56 Å². The van der Waals surface area contributed by atoms with Gasteiger partial charge in [0.1, 0.15) is 4.90 Å². The molecule has 1 heterocycles. The van der Waals surface area contributed by atoms with Crippen LogP contribution in [0.2, 0.25) is 0 Å². The van der Waals surface area contributed by atoms with Gasteiger partial charge in [0.25, 0.3) is 6.43 Å². The van der Waals surface area contributed by atoms with Gasteiger partial charge >= 0.3 is 0 Å². The highest BCUT2D eigenvalue weighted by atomic mass is 32.2. The summed E-state index contributed by atoms with van der Waals surface area (Å²) in [6, 6.07) is 0. The number of hydrogen-bond donors (Lipinski definition) is 2. The number of halogens is 3. The number of nitrogens with two attached hydrogens (primary N) is 2. The van der Waals surface area contributed by atoms with Gasteiger partial charge in [0.15, 0.2) is 11.6 Å². The summed E-state index contributed by atoms with van der Waals surface area (Å²) < 4.78 is 59.4. The van der Waals surface area contributed by atoms with Crippen LogP contribution in [-0.4, -0.2) is 13.4 Å². The largest absolute Gasteiger partial charge is 0.381 e. The first-order chi connectivity index (χ1) is 6.75. The van der Waals surface area contributed by atoms with E-state index < -0.39 is 38.5 Å². The minimum Gasteiger partial charge on any atom is -0.381 e. The SMILES string of the molecule is Nc1ncc(C(F)F)c(S(N)(=O)=O)c1F. The Bertz CT molecular complexity index is 489. The first-order valence-electron chi connectivity index (χ1n) is 3.50. The molecular formula is C6H6F3N3O2S. The van der Waals surface area contributed by atoms with Gasteiger partial charge in [0, 0.05) is 6.20 Å². The predicted molar refractivity (Wildman–Crippen MR) is 44.9 cm³/mol. The first kappa shape index (κ1) is 11.7. The van der Waals surface area contributed by atoms with E-state index in [0.29, 0.717) is 6.20 Å². The van der Waals surface area contributed by atoms with E-state index in [4.69, 9.17) is 5.73 Å². The van der Waals surface area contributed by atoms with Crippen molar-refractivity contribution >= 4 is 15.8 Å². The first-order valence-corrected chi connectivity index (χ1v) is 5.04. The van der Waals surface area contributed by atoms with Gasteiger partial charge in [-0.1, -0.05) is 0 Å². The Morgan fingerprint density at radius 2 is 1.93 bits per heavy atom. The molecule has 0 aromatic carbocycles. The Morgan fingerprint density at radius 1 is 1.40 bits per heavy atom. The predicted octanol–water partition coefficient (Wildman–Crippen LogP) is 0.388. The molecule has 9 heteroatoms. The molecule has 0 aliphatic heterocycles. The highest BCUT2D eigenvalue weighted by Gasteiger charge is 2.27. The smallest absolute Gasteiger partial charge is 0.266 e. The molecule has 0 saturated heterocycles. The zero-order chi connectivity index (χ0) is 11.8. The second kappa shape index (κ2) is 3.66. The summed E-state index contributed by atoms with van der Waals surface area (Å²) in [6.45, 7) is 0. The van der Waals surface area contributed by atoms with Crippen LogP contribution in [0.25, 0.3) is 0 Å². The number of rotatable bonds is 2. The van der Waals surface area contributed by atoms with Gasteiger partial charge in [-0.2, -0.15) is 0 Å². The van der Waals surface area contributed by atoms with Gasteiger partial charge in [-0.15, -0.1) is 0 Å². The normalized spacial score (nSPS) is 12.1. The molecule has 0 radical (unpaired) electrons. The number of sulfonamides is 1. The van der Waals surface area contributed by atoms with E-state index in [1.165, 1.54) is 0 Å². The quantitative estimate of drug-likeness (QED) is 0.782. The van der Waals surface area contributed by atoms with E-state index in [9.17, 15) is 21.6 Å². The summed E-state index contributed by atoms with van der Waals surface area (Å²) in [5.41, 5.74) is 3.83. The minimum atomic E-state index is -4.61. The fraction of sp³-hybridized carbons (Fsp3) is 0.167. The summed E-state index contributed by atoms with van der Waals surface area (Å²) in [5, 5.41) is 4.58. The van der Waals surface area contributed by atoms with Crippen molar-refractivity contribution in [2.75, 3.05) is 5.73 Å². The van der Waals surface area contributed by atoms with Crippen LogP contribution >= 0.6 is 0 Å². The number of anilines is 1. The van der Waals surface area contributed by atoms with Crippen molar-refractivity contribution in [2.45, 2.75) is 11.3 Å². The molecule has 0 aliphatic carbocycles. The lowest BCUT2D eigenvalue weighted by atomic mass is 10.3. The second-order valence-corrected chi connectivity index (χ2v) is 4.09. The average Bonchev–Trinajstić information content (AvgIpc) is 2.06. The molecule has 0 saturated carbocycles. The van der Waals surface area contributed by atoms with Crippen LogP contribution < -0.4 is 10.9 Å². The van der Waals surface area contributed by atoms with Crippen LogP contribution in [0.1, 0.15) is 12.0 Å². The zero-order valence-electron chi connectivity index (χ0n) is 7.12. The summed E-state index contributed by atoms with van der Waals surface area (Å²) in [7, 11) is -4.61. The van der Waals surface area contributed by atoms with Crippen LogP contribution in [0.5, 0.6) is 0 Å². The Hall–Kier alpha value is -1.35. The zero-order valence-corrected chi connectivity index (χ0v) is 7.93. The fourth-order valence-electron chi connectivity index (χ4n) is 0.942. The lowest BCUT2D eigenvalue weighted by Crippen LogP contribution is -2.18. The van der Waals surface area contributed by atoms with E-state index >= 15 is 0 Å². The number of hydrogen-bond acceptors (Lipinski definition) is 4. The Kier molecular flexibility index (Phi) is 2.86. The molecular weight excluding hydrogens is 235 g/mol. The molecule has 15 heavy (non-hydrogen) atoms. The number of primary sulfonamides is 1. The number of pyridine rings is 1. The third kappa shape index (κ3) is 2.18. The van der Waals surface area contributed by atoms with Crippen molar-refractivity contribution in [3.05, 3.63) is 17.6 Å². The Morgan fingerprint density at radius 3 is 2.33 bits per heavy atom. The topological polar surface area (TPSA) is 99.1 Å². The van der Waals surface area contributed by atoms with Crippen molar-refractivity contribution in [3.8, 4) is 0 Å². The number of aromatic nitrogens is 1. The van der Waals surface area contributed by atoms with E-state index in [1.807, 2.05) is 0 Å². The maximum atomic E-state index is 13.1. The third-order valence-corrected chi connectivity index (χ3v) is 2.53. The van der Waals surface area contributed by atoms with E-state index in [-0.39, 0.29) is 0 Å². The van der Waals surface area contributed by atoms with Gasteiger partial charge < -0.3 is 5.73 Å². The monoisotopic (exact) mass is 241 g/mol. The summed E-state index contributed by atoms with van der Waals surface area (Å²) in [5.74, 6) is -2.36. The maximum absolute atomic E-state index is 13.1. The highest BCUT2D eigenvalue weighted by Crippen LogP contribution is 2.28. The molecule has 5 nitrogen and oxygen atoms in total. The molecule has 0 unspecified atom stereocenters. The molecule has 4 N–H and O–H groups in total. The number of nitrogens with zero attached hydrogens (tertiary/aromatic N) is 1. The lowest BCUT2D eigenvalue weighted by Gasteiger charge is -2.08. The second-order valence-electron chi connectivity index (χ2n) is 2.59. The van der Waals surface area contributed by atoms with Gasteiger partial charge in [-0.3, -0.25) is 0 Å². The average molecular weight is 241 g/mol. The molecule has 84 valence electrons. The fourth-order valence-corrected chi connectivity index (χ4v) is 1.77. The summed E-state index contributed by atoms with van der Waals surface area (Å²) in [4.78, 5) is 1.76. The summed E-state index contributed by atoms with van der Waals surface area (Å²) in [6.07, 6.45) is -2.73. The van der Waals surface area contributed by atoms with Crippen molar-refractivity contribution in [1.82, 2.24) is 4.98 Å².